The minimum absolute atomic E-state index is 0.426. The third kappa shape index (κ3) is 3.51. The Kier molecular flexibility index (Phi) is 3.34. The molecule has 5 heteroatoms. The predicted molar refractivity (Wildman–Crippen MR) is 61.1 cm³/mol. The number of nitrogen functional groups attached to an aromatic ring is 1. The molecule has 4 N–H and O–H groups in total. The Morgan fingerprint density at radius 1 is 1.64 bits per heavy atom. The second kappa shape index (κ2) is 4.14. The van der Waals surface area contributed by atoms with E-state index in [0.29, 0.717) is 12.4 Å². The fourth-order valence-electron chi connectivity index (χ4n) is 0.903. The molecule has 0 aliphatic rings. The van der Waals surface area contributed by atoms with E-state index in [-0.39, 0.29) is 0 Å². The summed E-state index contributed by atoms with van der Waals surface area (Å²) in [6, 6.07) is 1.83. The lowest BCUT2D eigenvalue weighted by molar-refractivity contribution is 0.0945. The van der Waals surface area contributed by atoms with Crippen molar-refractivity contribution in [3.63, 3.8) is 0 Å². The summed E-state index contributed by atoms with van der Waals surface area (Å²) < 4.78 is 0.852. The zero-order chi connectivity index (χ0) is 10.8. The van der Waals surface area contributed by atoms with Crippen LogP contribution in [0.5, 0.6) is 0 Å². The van der Waals surface area contributed by atoms with E-state index in [1.807, 2.05) is 6.07 Å². The van der Waals surface area contributed by atoms with Crippen LogP contribution in [-0.4, -0.2) is 22.2 Å². The number of nitrogens with zero attached hydrogens (tertiary/aromatic N) is 1. The van der Waals surface area contributed by atoms with E-state index in [1.54, 1.807) is 20.0 Å². The highest BCUT2D eigenvalue weighted by atomic mass is 79.9. The average Bonchev–Trinajstić information content (AvgIpc) is 2.05. The summed E-state index contributed by atoms with van der Waals surface area (Å²) in [7, 11) is 0. The van der Waals surface area contributed by atoms with E-state index in [9.17, 15) is 5.11 Å². The minimum Gasteiger partial charge on any atom is -0.389 e. The molecule has 0 amide bonds. The number of aromatic nitrogens is 1. The van der Waals surface area contributed by atoms with Crippen molar-refractivity contribution >= 4 is 27.4 Å². The third-order valence-corrected chi connectivity index (χ3v) is 2.03. The van der Waals surface area contributed by atoms with Crippen molar-refractivity contribution in [2.75, 3.05) is 17.6 Å². The molecule has 0 spiro atoms. The summed E-state index contributed by atoms with van der Waals surface area (Å²) in [5, 5.41) is 12.5. The number of anilines is 2. The molecular formula is C9H14BrN3O. The smallest absolute Gasteiger partial charge is 0.146 e. The standard InChI is InChI=1S/C9H14BrN3O/c1-9(2,14)5-13-7-3-6(10)4-12-8(7)11/h3-4,13-14H,5H2,1-2H3,(H2,11,12). The lowest BCUT2D eigenvalue weighted by Crippen LogP contribution is -2.29. The van der Waals surface area contributed by atoms with Crippen LogP contribution in [-0.2, 0) is 0 Å². The number of halogens is 1. The number of nitrogens with one attached hydrogen (secondary N) is 1. The molecule has 0 aromatic carbocycles. The number of hydrogen-bond acceptors (Lipinski definition) is 4. The molecular weight excluding hydrogens is 246 g/mol. The number of pyridine rings is 1. The van der Waals surface area contributed by atoms with Crippen LogP contribution in [0.2, 0.25) is 0 Å². The topological polar surface area (TPSA) is 71.2 Å². The maximum atomic E-state index is 9.50. The SMILES string of the molecule is CC(C)(O)CNc1cc(Br)cnc1N. The van der Waals surface area contributed by atoms with Gasteiger partial charge in [0.1, 0.15) is 5.82 Å². The first-order chi connectivity index (χ1) is 6.38. The Morgan fingerprint density at radius 2 is 2.29 bits per heavy atom. The van der Waals surface area contributed by atoms with E-state index >= 15 is 0 Å². The molecule has 0 aliphatic heterocycles. The lowest BCUT2D eigenvalue weighted by atomic mass is 10.1. The van der Waals surface area contributed by atoms with Crippen LogP contribution in [0.3, 0.4) is 0 Å². The summed E-state index contributed by atoms with van der Waals surface area (Å²) in [4.78, 5) is 3.97. The first-order valence-corrected chi connectivity index (χ1v) is 5.05. The Morgan fingerprint density at radius 3 is 2.86 bits per heavy atom. The van der Waals surface area contributed by atoms with E-state index in [1.165, 1.54) is 0 Å². The fourth-order valence-corrected chi connectivity index (χ4v) is 1.23. The van der Waals surface area contributed by atoms with Crippen molar-refractivity contribution in [2.45, 2.75) is 19.4 Å². The molecule has 0 bridgehead atoms. The van der Waals surface area contributed by atoms with Gasteiger partial charge in [-0.15, -0.1) is 0 Å². The number of rotatable bonds is 3. The number of hydrogen-bond donors (Lipinski definition) is 3. The van der Waals surface area contributed by atoms with Gasteiger partial charge in [-0.1, -0.05) is 0 Å². The van der Waals surface area contributed by atoms with Gasteiger partial charge in [-0.3, -0.25) is 0 Å². The quantitative estimate of drug-likeness (QED) is 0.772. The summed E-state index contributed by atoms with van der Waals surface area (Å²) in [5.41, 5.74) is 5.60. The second-order valence-electron chi connectivity index (χ2n) is 3.75. The van der Waals surface area contributed by atoms with Crippen molar-refractivity contribution in [3.05, 3.63) is 16.7 Å². The molecule has 0 saturated carbocycles. The Hall–Kier alpha value is -0.810. The van der Waals surface area contributed by atoms with Gasteiger partial charge in [0.15, 0.2) is 0 Å². The average molecular weight is 260 g/mol. The van der Waals surface area contributed by atoms with Crippen LogP contribution in [0.4, 0.5) is 11.5 Å². The molecule has 0 aliphatic carbocycles. The van der Waals surface area contributed by atoms with Crippen molar-refractivity contribution in [1.29, 1.82) is 0 Å². The van der Waals surface area contributed by atoms with Gasteiger partial charge < -0.3 is 16.2 Å². The summed E-state index contributed by atoms with van der Waals surface area (Å²) in [6.45, 7) is 3.87. The van der Waals surface area contributed by atoms with Gasteiger partial charge in [0, 0.05) is 17.2 Å². The maximum Gasteiger partial charge on any atom is 0.146 e. The molecule has 1 aromatic heterocycles. The zero-order valence-corrected chi connectivity index (χ0v) is 9.80. The Labute approximate surface area is 91.7 Å². The molecule has 0 radical (unpaired) electrons. The molecule has 0 fully saturated rings. The lowest BCUT2D eigenvalue weighted by Gasteiger charge is -2.19. The van der Waals surface area contributed by atoms with Gasteiger partial charge in [-0.25, -0.2) is 4.98 Å². The maximum absolute atomic E-state index is 9.50. The molecule has 1 rings (SSSR count). The molecule has 0 saturated heterocycles. The van der Waals surface area contributed by atoms with E-state index < -0.39 is 5.60 Å². The molecule has 78 valence electrons. The van der Waals surface area contributed by atoms with Crippen LogP contribution in [0.25, 0.3) is 0 Å². The number of aliphatic hydroxyl groups is 1. The highest BCUT2D eigenvalue weighted by Crippen LogP contribution is 2.20. The van der Waals surface area contributed by atoms with Gasteiger partial charge >= 0.3 is 0 Å². The summed E-state index contributed by atoms with van der Waals surface area (Å²) in [5.74, 6) is 0.428. The molecule has 4 nitrogen and oxygen atoms in total. The monoisotopic (exact) mass is 259 g/mol. The van der Waals surface area contributed by atoms with Gasteiger partial charge in [0.2, 0.25) is 0 Å². The van der Waals surface area contributed by atoms with Crippen molar-refractivity contribution in [2.24, 2.45) is 0 Å². The van der Waals surface area contributed by atoms with Gasteiger partial charge in [0.25, 0.3) is 0 Å². The Bertz CT molecular complexity index is 322. The van der Waals surface area contributed by atoms with E-state index in [0.717, 1.165) is 10.2 Å². The fraction of sp³-hybridized carbons (Fsp3) is 0.444. The zero-order valence-electron chi connectivity index (χ0n) is 8.21. The minimum atomic E-state index is -0.769. The van der Waals surface area contributed by atoms with E-state index in [4.69, 9.17) is 5.73 Å². The normalized spacial score (nSPS) is 11.4. The van der Waals surface area contributed by atoms with Crippen molar-refractivity contribution in [1.82, 2.24) is 4.98 Å². The predicted octanol–water partition coefficient (Wildman–Crippen LogP) is 1.61. The first kappa shape index (κ1) is 11.3. The van der Waals surface area contributed by atoms with Gasteiger partial charge in [-0.2, -0.15) is 0 Å². The largest absolute Gasteiger partial charge is 0.389 e. The number of nitrogens with two attached hydrogens (primary N) is 1. The van der Waals surface area contributed by atoms with E-state index in [2.05, 4.69) is 26.2 Å². The molecule has 0 atom stereocenters. The van der Waals surface area contributed by atoms with Gasteiger partial charge in [-0.05, 0) is 35.8 Å². The van der Waals surface area contributed by atoms with Crippen LogP contribution in [0, 0.1) is 0 Å². The molecule has 1 aromatic rings. The highest BCUT2D eigenvalue weighted by Gasteiger charge is 2.12. The van der Waals surface area contributed by atoms with Crippen LogP contribution in [0.1, 0.15) is 13.8 Å². The van der Waals surface area contributed by atoms with Gasteiger partial charge in [0.05, 0.1) is 11.3 Å². The third-order valence-electron chi connectivity index (χ3n) is 1.60. The summed E-state index contributed by atoms with van der Waals surface area (Å²) >= 11 is 3.30. The summed E-state index contributed by atoms with van der Waals surface area (Å²) in [6.07, 6.45) is 1.63. The Balaban J connectivity index is 2.72. The van der Waals surface area contributed by atoms with Crippen LogP contribution in [0.15, 0.2) is 16.7 Å². The molecule has 14 heavy (non-hydrogen) atoms. The molecule has 1 heterocycles. The highest BCUT2D eigenvalue weighted by molar-refractivity contribution is 9.10. The molecule has 0 unspecified atom stereocenters. The van der Waals surface area contributed by atoms with Crippen molar-refractivity contribution < 1.29 is 5.11 Å². The van der Waals surface area contributed by atoms with Crippen LogP contribution >= 0.6 is 15.9 Å². The van der Waals surface area contributed by atoms with Crippen molar-refractivity contribution in [3.8, 4) is 0 Å². The first-order valence-electron chi connectivity index (χ1n) is 4.26. The van der Waals surface area contributed by atoms with Crippen LogP contribution < -0.4 is 11.1 Å². The second-order valence-corrected chi connectivity index (χ2v) is 4.67.